The molecule has 2 aromatic rings. The number of rotatable bonds is 7. The van der Waals surface area contributed by atoms with Crippen LogP contribution < -0.4 is 15.4 Å². The summed E-state index contributed by atoms with van der Waals surface area (Å²) in [4.78, 5) is 22.5. The first-order chi connectivity index (χ1) is 13.2. The van der Waals surface area contributed by atoms with Crippen LogP contribution in [0.5, 0.6) is 0 Å². The lowest BCUT2D eigenvalue weighted by atomic mass is 9.84. The summed E-state index contributed by atoms with van der Waals surface area (Å²) >= 11 is 0. The number of carbonyl (C=O) groups excluding carboxylic acids is 1. The van der Waals surface area contributed by atoms with Crippen molar-refractivity contribution in [2.45, 2.75) is 11.8 Å². The number of amides is 1. The summed E-state index contributed by atoms with van der Waals surface area (Å²) in [5.74, 6) is -0.809. The highest BCUT2D eigenvalue weighted by Crippen LogP contribution is 2.30. The number of hydrogen-bond donors (Lipinski definition) is 3. The molecule has 3 N–H and O–H groups in total. The highest BCUT2D eigenvalue weighted by Gasteiger charge is 2.32. The van der Waals surface area contributed by atoms with Crippen LogP contribution in [-0.2, 0) is 10.0 Å². The predicted octanol–water partition coefficient (Wildman–Crippen LogP) is 1.73. The van der Waals surface area contributed by atoms with Gasteiger partial charge < -0.3 is 10.6 Å². The Bertz CT molecular complexity index is 1000. The summed E-state index contributed by atoms with van der Waals surface area (Å²) in [5, 5.41) is 17.6. The number of carbonyl (C=O) groups is 1. The van der Waals surface area contributed by atoms with Crippen LogP contribution in [0.25, 0.3) is 0 Å². The number of benzene rings is 2. The molecule has 0 aliphatic carbocycles. The molecule has 3 rings (SSSR count). The van der Waals surface area contributed by atoms with Gasteiger partial charge in [0.25, 0.3) is 21.6 Å². The third-order valence-corrected chi connectivity index (χ3v) is 5.88. The van der Waals surface area contributed by atoms with Crippen LogP contribution in [-0.4, -0.2) is 38.9 Å². The fourth-order valence-corrected chi connectivity index (χ4v) is 3.79. The van der Waals surface area contributed by atoms with E-state index in [1.54, 1.807) is 18.2 Å². The minimum Gasteiger partial charge on any atom is -0.379 e. The maximum atomic E-state index is 12.5. The summed E-state index contributed by atoms with van der Waals surface area (Å²) in [6, 6.07) is 11.4. The van der Waals surface area contributed by atoms with Crippen molar-refractivity contribution in [3.05, 3.63) is 64.2 Å². The van der Waals surface area contributed by atoms with Gasteiger partial charge in [-0.15, -0.1) is 0 Å². The molecule has 28 heavy (non-hydrogen) atoms. The number of nitro groups is 1. The van der Waals surface area contributed by atoms with Crippen LogP contribution in [0.4, 0.5) is 11.4 Å². The van der Waals surface area contributed by atoms with Gasteiger partial charge in [0.05, 0.1) is 9.82 Å². The van der Waals surface area contributed by atoms with Crippen molar-refractivity contribution in [1.82, 2.24) is 10.0 Å². The highest BCUT2D eigenvalue weighted by atomic mass is 32.2. The topological polar surface area (TPSA) is 130 Å². The lowest BCUT2D eigenvalue weighted by molar-refractivity contribution is -0.384. The maximum Gasteiger partial charge on any atom is 0.293 e. The first-order valence-corrected chi connectivity index (χ1v) is 10.0. The molecule has 0 atom stereocenters. The number of hydrogen-bond acceptors (Lipinski definition) is 7. The van der Waals surface area contributed by atoms with Gasteiger partial charge in [-0.1, -0.05) is 25.1 Å². The third kappa shape index (κ3) is 4.29. The zero-order valence-electron chi connectivity index (χ0n) is 15.1. The maximum absolute atomic E-state index is 12.5. The van der Waals surface area contributed by atoms with Crippen molar-refractivity contribution < 1.29 is 18.1 Å². The van der Waals surface area contributed by atoms with E-state index in [1.165, 1.54) is 24.3 Å². The van der Waals surface area contributed by atoms with Gasteiger partial charge in [-0.2, -0.15) is 0 Å². The Morgan fingerprint density at radius 3 is 2.46 bits per heavy atom. The number of nitro benzene ring substituents is 1. The van der Waals surface area contributed by atoms with Crippen molar-refractivity contribution in [3.63, 3.8) is 0 Å². The van der Waals surface area contributed by atoms with E-state index in [1.807, 2.05) is 11.6 Å². The summed E-state index contributed by atoms with van der Waals surface area (Å²) < 4.78 is 26.9. The fraction of sp³-hybridized carbons (Fsp3) is 0.278. The molecular weight excluding hydrogens is 384 g/mol. The average molecular weight is 404 g/mol. The van der Waals surface area contributed by atoms with Crippen molar-refractivity contribution in [3.8, 4) is 0 Å². The molecule has 10 heteroatoms. The lowest BCUT2D eigenvalue weighted by Crippen LogP contribution is -2.55. The molecular formula is C18H20N4O5S. The van der Waals surface area contributed by atoms with E-state index < -0.39 is 20.9 Å². The molecule has 1 aliphatic heterocycles. The first kappa shape index (κ1) is 19.8. The molecule has 1 fully saturated rings. The lowest BCUT2D eigenvalue weighted by Gasteiger charge is -2.39. The van der Waals surface area contributed by atoms with Crippen molar-refractivity contribution >= 4 is 27.3 Å². The number of nitrogens with zero attached hydrogens (tertiary/aromatic N) is 1. The van der Waals surface area contributed by atoms with E-state index >= 15 is 0 Å². The number of anilines is 1. The Balaban J connectivity index is 1.82. The number of sulfonamides is 1. The molecule has 0 radical (unpaired) electrons. The van der Waals surface area contributed by atoms with Crippen molar-refractivity contribution in [2.24, 2.45) is 5.41 Å². The van der Waals surface area contributed by atoms with Crippen LogP contribution in [0.3, 0.4) is 0 Å². The standard InChI is InChI=1S/C18H20N4O5S/c1-18(10-19-11-18)12-20-15-8-7-14(9-16(15)22(24)25)28(26,27)21-17(23)13-5-3-2-4-6-13/h2-9,19-20H,10-12H2,1H3,(H,21,23). The van der Waals surface area contributed by atoms with Crippen molar-refractivity contribution in [2.75, 3.05) is 25.0 Å². The molecule has 148 valence electrons. The molecule has 1 heterocycles. The van der Waals surface area contributed by atoms with Crippen LogP contribution in [0.2, 0.25) is 0 Å². The molecule has 0 aromatic heterocycles. The monoisotopic (exact) mass is 404 g/mol. The normalized spacial score (nSPS) is 15.3. The summed E-state index contributed by atoms with van der Waals surface area (Å²) in [5.41, 5.74) is 0.0148. The van der Waals surface area contributed by atoms with E-state index in [0.29, 0.717) is 6.54 Å². The van der Waals surface area contributed by atoms with Gasteiger partial charge >= 0.3 is 0 Å². The predicted molar refractivity (Wildman–Crippen MR) is 104 cm³/mol. The van der Waals surface area contributed by atoms with E-state index in [4.69, 9.17) is 0 Å². The van der Waals surface area contributed by atoms with Gasteiger partial charge in [0, 0.05) is 36.7 Å². The van der Waals surface area contributed by atoms with Gasteiger partial charge in [0.15, 0.2) is 0 Å². The van der Waals surface area contributed by atoms with Crippen LogP contribution in [0.1, 0.15) is 17.3 Å². The molecule has 9 nitrogen and oxygen atoms in total. The smallest absolute Gasteiger partial charge is 0.293 e. The Morgan fingerprint density at radius 1 is 1.21 bits per heavy atom. The zero-order chi connectivity index (χ0) is 20.4. The third-order valence-electron chi connectivity index (χ3n) is 4.55. The summed E-state index contributed by atoms with van der Waals surface area (Å²) in [6.45, 7) is 4.15. The largest absolute Gasteiger partial charge is 0.379 e. The first-order valence-electron chi connectivity index (χ1n) is 8.55. The van der Waals surface area contributed by atoms with Gasteiger partial charge in [-0.3, -0.25) is 14.9 Å². The van der Waals surface area contributed by atoms with Crippen LogP contribution >= 0.6 is 0 Å². The second-order valence-electron chi connectivity index (χ2n) is 7.00. The number of nitrogens with one attached hydrogen (secondary N) is 3. The molecule has 0 spiro atoms. The Hall–Kier alpha value is -2.98. The minimum atomic E-state index is -4.26. The molecule has 1 saturated heterocycles. The van der Waals surface area contributed by atoms with E-state index in [2.05, 4.69) is 10.6 Å². The molecule has 0 bridgehead atoms. The molecule has 0 saturated carbocycles. The second-order valence-corrected chi connectivity index (χ2v) is 8.69. The minimum absolute atomic E-state index is 0.0116. The van der Waals surface area contributed by atoms with E-state index in [9.17, 15) is 23.3 Å². The molecule has 1 aliphatic rings. The quantitative estimate of drug-likeness (QED) is 0.473. The second kappa shape index (κ2) is 7.56. The fourth-order valence-electron chi connectivity index (χ4n) is 2.79. The molecule has 2 aromatic carbocycles. The van der Waals surface area contributed by atoms with Crippen molar-refractivity contribution in [1.29, 1.82) is 0 Å². The van der Waals surface area contributed by atoms with Crippen LogP contribution in [0, 0.1) is 15.5 Å². The van der Waals surface area contributed by atoms with Gasteiger partial charge in [-0.05, 0) is 24.3 Å². The highest BCUT2D eigenvalue weighted by molar-refractivity contribution is 7.90. The van der Waals surface area contributed by atoms with Gasteiger partial charge in [-0.25, -0.2) is 13.1 Å². The Kier molecular flexibility index (Phi) is 5.34. The average Bonchev–Trinajstić information content (AvgIpc) is 2.65. The molecule has 0 unspecified atom stereocenters. The summed E-state index contributed by atoms with van der Waals surface area (Å²) in [6.07, 6.45) is 0. The van der Waals surface area contributed by atoms with Gasteiger partial charge in [0.2, 0.25) is 0 Å². The Morgan fingerprint density at radius 2 is 1.89 bits per heavy atom. The van der Waals surface area contributed by atoms with Crippen LogP contribution in [0.15, 0.2) is 53.4 Å². The molecule has 1 amide bonds. The van der Waals surface area contributed by atoms with E-state index in [0.717, 1.165) is 19.2 Å². The summed E-state index contributed by atoms with van der Waals surface area (Å²) in [7, 11) is -4.26. The van der Waals surface area contributed by atoms with Gasteiger partial charge in [0.1, 0.15) is 5.69 Å². The SMILES string of the molecule is CC1(CNc2ccc(S(=O)(=O)NC(=O)c3ccccc3)cc2[N+](=O)[O-])CNC1. The Labute approximate surface area is 162 Å². The van der Waals surface area contributed by atoms with E-state index in [-0.39, 0.29) is 27.2 Å². The zero-order valence-corrected chi connectivity index (χ0v) is 16.0.